The number of benzene rings is 3. The fourth-order valence-electron chi connectivity index (χ4n) is 3.96. The number of methoxy groups -OCH3 is 1. The quantitative estimate of drug-likeness (QED) is 0.377. The molecule has 3 aromatic carbocycles. The number of hydrogen-bond donors (Lipinski definition) is 2. The first-order valence-corrected chi connectivity index (χ1v) is 11.2. The van der Waals surface area contributed by atoms with Crippen LogP contribution in [0.3, 0.4) is 0 Å². The second kappa shape index (κ2) is 9.46. The van der Waals surface area contributed by atoms with Gasteiger partial charge in [-0.3, -0.25) is 20.1 Å². The molecule has 8 nitrogen and oxygen atoms in total. The summed E-state index contributed by atoms with van der Waals surface area (Å²) in [6, 6.07) is 20.2. The van der Waals surface area contributed by atoms with Gasteiger partial charge in [0.05, 0.1) is 7.11 Å². The SMILES string of the molecule is COc1cccc(Cc2nc3c(-c4ccc(F)cc4)n[nH]c3c(=O)n2NC(=O)c2cccc(C)c2)c1. The highest BCUT2D eigenvalue weighted by Gasteiger charge is 2.20. The zero-order valence-corrected chi connectivity index (χ0v) is 19.6. The minimum atomic E-state index is -0.514. The van der Waals surface area contributed by atoms with E-state index in [2.05, 4.69) is 15.6 Å². The lowest BCUT2D eigenvalue weighted by Crippen LogP contribution is -2.36. The Balaban J connectivity index is 1.65. The summed E-state index contributed by atoms with van der Waals surface area (Å²) in [7, 11) is 1.57. The topological polar surface area (TPSA) is 102 Å². The molecule has 0 atom stereocenters. The third-order valence-electron chi connectivity index (χ3n) is 5.76. The minimum absolute atomic E-state index is 0.119. The first-order valence-electron chi connectivity index (χ1n) is 11.2. The summed E-state index contributed by atoms with van der Waals surface area (Å²) in [4.78, 5) is 31.3. The van der Waals surface area contributed by atoms with Crippen LogP contribution in [0.15, 0.2) is 77.6 Å². The molecule has 0 unspecified atom stereocenters. The van der Waals surface area contributed by atoms with Crippen molar-refractivity contribution < 1.29 is 13.9 Å². The van der Waals surface area contributed by atoms with Crippen LogP contribution in [0, 0.1) is 12.7 Å². The van der Waals surface area contributed by atoms with Crippen molar-refractivity contribution in [1.29, 1.82) is 0 Å². The number of aromatic nitrogens is 4. The number of halogens is 1. The van der Waals surface area contributed by atoms with Gasteiger partial charge in [-0.1, -0.05) is 29.8 Å². The molecular formula is C27H22FN5O3. The first-order chi connectivity index (χ1) is 17.4. The number of carbonyl (C=O) groups is 1. The number of nitrogens with one attached hydrogen (secondary N) is 2. The van der Waals surface area contributed by atoms with E-state index in [-0.39, 0.29) is 17.8 Å². The molecule has 9 heteroatoms. The third kappa shape index (κ3) is 4.46. The molecule has 0 aliphatic carbocycles. The van der Waals surface area contributed by atoms with Gasteiger partial charge in [0.1, 0.15) is 28.6 Å². The highest BCUT2D eigenvalue weighted by Crippen LogP contribution is 2.24. The lowest BCUT2D eigenvalue weighted by molar-refractivity contribution is 0.101. The lowest BCUT2D eigenvalue weighted by atomic mass is 10.1. The van der Waals surface area contributed by atoms with Crippen LogP contribution in [0.5, 0.6) is 5.75 Å². The van der Waals surface area contributed by atoms with Gasteiger partial charge in [-0.15, -0.1) is 0 Å². The van der Waals surface area contributed by atoms with Crippen LogP contribution in [-0.4, -0.2) is 32.9 Å². The molecule has 2 aromatic heterocycles. The van der Waals surface area contributed by atoms with Crippen molar-refractivity contribution in [2.24, 2.45) is 0 Å². The Kier molecular flexibility index (Phi) is 6.03. The summed E-state index contributed by atoms with van der Waals surface area (Å²) in [5.41, 5.74) is 5.78. The maximum Gasteiger partial charge on any atom is 0.298 e. The van der Waals surface area contributed by atoms with Crippen molar-refractivity contribution >= 4 is 16.9 Å². The fourth-order valence-corrected chi connectivity index (χ4v) is 3.96. The van der Waals surface area contributed by atoms with Gasteiger partial charge in [0.15, 0.2) is 5.52 Å². The molecule has 2 N–H and O–H groups in total. The summed E-state index contributed by atoms with van der Waals surface area (Å²) in [6.07, 6.45) is 0.227. The standard InChI is InChI=1S/C27H22FN5O3/c1-16-5-3-7-19(13-16)26(34)32-33-22(15-17-6-4-8-21(14-17)36-2)29-24-23(30-31-25(24)27(33)35)18-9-11-20(28)12-10-18/h3-14H,15H2,1-2H3,(H,30,31)(H,32,34). The Bertz CT molecular complexity index is 1640. The Morgan fingerprint density at radius 3 is 2.61 bits per heavy atom. The number of nitrogens with zero attached hydrogens (tertiary/aromatic N) is 3. The van der Waals surface area contributed by atoms with Crippen molar-refractivity contribution in [3.05, 3.63) is 111 Å². The van der Waals surface area contributed by atoms with E-state index in [1.54, 1.807) is 37.4 Å². The maximum absolute atomic E-state index is 13.5. The summed E-state index contributed by atoms with van der Waals surface area (Å²) >= 11 is 0. The Morgan fingerprint density at radius 2 is 1.86 bits per heavy atom. The number of aromatic amines is 1. The monoisotopic (exact) mass is 483 g/mol. The number of H-pyrrole nitrogens is 1. The Labute approximate surface area is 205 Å². The van der Waals surface area contributed by atoms with E-state index >= 15 is 0 Å². The highest BCUT2D eigenvalue weighted by atomic mass is 19.1. The first kappa shape index (κ1) is 23.0. The Hall–Kier alpha value is -4.79. The molecule has 0 saturated heterocycles. The predicted octanol–water partition coefficient (Wildman–Crippen LogP) is 4.22. The van der Waals surface area contributed by atoms with Gasteiger partial charge in [0.2, 0.25) is 0 Å². The molecule has 5 rings (SSSR count). The highest BCUT2D eigenvalue weighted by molar-refractivity contribution is 6.00. The van der Waals surface area contributed by atoms with E-state index in [0.29, 0.717) is 33.9 Å². The van der Waals surface area contributed by atoms with E-state index in [0.717, 1.165) is 15.8 Å². The van der Waals surface area contributed by atoms with E-state index in [9.17, 15) is 14.0 Å². The van der Waals surface area contributed by atoms with Gasteiger partial charge in [0.25, 0.3) is 11.5 Å². The number of aryl methyl sites for hydroxylation is 1. The van der Waals surface area contributed by atoms with Gasteiger partial charge >= 0.3 is 0 Å². The molecule has 5 aromatic rings. The van der Waals surface area contributed by atoms with E-state index in [1.165, 1.54) is 12.1 Å². The van der Waals surface area contributed by atoms with Gasteiger partial charge in [-0.2, -0.15) is 5.10 Å². The van der Waals surface area contributed by atoms with Gasteiger partial charge in [-0.25, -0.2) is 14.1 Å². The van der Waals surface area contributed by atoms with Gasteiger partial charge in [-0.05, 0) is 61.0 Å². The van der Waals surface area contributed by atoms with Crippen molar-refractivity contribution in [1.82, 2.24) is 19.9 Å². The Morgan fingerprint density at radius 1 is 1.08 bits per heavy atom. The molecule has 0 fully saturated rings. The molecule has 2 heterocycles. The predicted molar refractivity (Wildman–Crippen MR) is 134 cm³/mol. The van der Waals surface area contributed by atoms with Crippen LogP contribution in [0.1, 0.15) is 27.3 Å². The van der Waals surface area contributed by atoms with Crippen molar-refractivity contribution in [3.63, 3.8) is 0 Å². The maximum atomic E-state index is 13.5. The molecule has 0 aliphatic heterocycles. The molecular weight excluding hydrogens is 461 g/mol. The average Bonchev–Trinajstić information content (AvgIpc) is 3.31. The van der Waals surface area contributed by atoms with Crippen molar-refractivity contribution in [3.8, 4) is 17.0 Å². The van der Waals surface area contributed by atoms with Crippen LogP contribution in [-0.2, 0) is 6.42 Å². The van der Waals surface area contributed by atoms with Crippen LogP contribution in [0.4, 0.5) is 4.39 Å². The van der Waals surface area contributed by atoms with E-state index in [4.69, 9.17) is 9.72 Å². The molecule has 0 saturated carbocycles. The lowest BCUT2D eigenvalue weighted by Gasteiger charge is -2.14. The summed E-state index contributed by atoms with van der Waals surface area (Å²) in [6.45, 7) is 1.88. The summed E-state index contributed by atoms with van der Waals surface area (Å²) in [5, 5.41) is 7.00. The molecule has 36 heavy (non-hydrogen) atoms. The largest absolute Gasteiger partial charge is 0.497 e. The minimum Gasteiger partial charge on any atom is -0.497 e. The van der Waals surface area contributed by atoms with Crippen molar-refractivity contribution in [2.75, 3.05) is 12.5 Å². The number of carbonyl (C=O) groups excluding carboxylic acids is 1. The normalized spacial score (nSPS) is 11.0. The van der Waals surface area contributed by atoms with Crippen LogP contribution in [0.25, 0.3) is 22.3 Å². The zero-order valence-electron chi connectivity index (χ0n) is 19.6. The van der Waals surface area contributed by atoms with Gasteiger partial charge < -0.3 is 4.74 Å². The third-order valence-corrected chi connectivity index (χ3v) is 5.76. The fraction of sp³-hybridized carbons (Fsp3) is 0.111. The van der Waals surface area contributed by atoms with Crippen LogP contribution < -0.4 is 15.7 Å². The smallest absolute Gasteiger partial charge is 0.298 e. The molecule has 1 amide bonds. The van der Waals surface area contributed by atoms with Crippen LogP contribution >= 0.6 is 0 Å². The second-order valence-electron chi connectivity index (χ2n) is 8.31. The molecule has 0 spiro atoms. The number of rotatable bonds is 6. The van der Waals surface area contributed by atoms with Gasteiger partial charge in [0, 0.05) is 17.5 Å². The molecule has 0 aliphatic rings. The molecule has 180 valence electrons. The molecule has 0 bridgehead atoms. The van der Waals surface area contributed by atoms with Crippen molar-refractivity contribution in [2.45, 2.75) is 13.3 Å². The van der Waals surface area contributed by atoms with E-state index in [1.807, 2.05) is 37.3 Å². The second-order valence-corrected chi connectivity index (χ2v) is 8.31. The van der Waals surface area contributed by atoms with Crippen LogP contribution in [0.2, 0.25) is 0 Å². The molecule has 0 radical (unpaired) electrons. The number of hydrogen-bond acceptors (Lipinski definition) is 5. The number of fused-ring (bicyclic) bond motifs is 1. The number of ether oxygens (including phenoxy) is 1. The number of amides is 1. The zero-order chi connectivity index (χ0) is 25.2. The van der Waals surface area contributed by atoms with E-state index < -0.39 is 11.5 Å². The summed E-state index contributed by atoms with van der Waals surface area (Å²) in [5.74, 6) is 0.117. The summed E-state index contributed by atoms with van der Waals surface area (Å²) < 4.78 is 19.9. The average molecular weight is 484 g/mol.